The number of anilines is 1. The summed E-state index contributed by atoms with van der Waals surface area (Å²) in [5, 5.41) is 12.0. The molecule has 1 amide bonds. The van der Waals surface area contributed by atoms with Crippen molar-refractivity contribution in [3.8, 4) is 11.5 Å². The highest BCUT2D eigenvalue weighted by Crippen LogP contribution is 2.45. The van der Waals surface area contributed by atoms with Crippen LogP contribution in [0.4, 0.5) is 5.69 Å². The van der Waals surface area contributed by atoms with Gasteiger partial charge >= 0.3 is 0 Å². The number of methoxy groups -OCH3 is 2. The highest BCUT2D eigenvalue weighted by Gasteiger charge is 2.49. The van der Waals surface area contributed by atoms with Crippen LogP contribution in [0.2, 0.25) is 10.0 Å². The van der Waals surface area contributed by atoms with Gasteiger partial charge in [0.05, 0.1) is 36.6 Å². The fourth-order valence-electron chi connectivity index (χ4n) is 3.83. The van der Waals surface area contributed by atoms with E-state index in [4.69, 9.17) is 37.1 Å². The summed E-state index contributed by atoms with van der Waals surface area (Å²) in [5.41, 5.74) is 1.10. The van der Waals surface area contributed by atoms with E-state index in [-0.39, 0.29) is 33.4 Å². The Labute approximate surface area is 199 Å². The maximum absolute atomic E-state index is 13.2. The number of hydrogen-bond acceptors (Lipinski definition) is 6. The number of furan rings is 1. The zero-order valence-electron chi connectivity index (χ0n) is 17.9. The van der Waals surface area contributed by atoms with Crippen molar-refractivity contribution >= 4 is 46.3 Å². The van der Waals surface area contributed by atoms with Crippen molar-refractivity contribution in [2.24, 2.45) is 0 Å². The number of carbonyl (C=O) groups is 2. The van der Waals surface area contributed by atoms with Crippen LogP contribution in [0.3, 0.4) is 0 Å². The number of carbonyl (C=O) groups excluding carboxylic acids is 2. The molecule has 0 radical (unpaired) electrons. The first-order valence-electron chi connectivity index (χ1n) is 9.81. The lowest BCUT2D eigenvalue weighted by atomic mass is 9.98. The molecule has 0 bridgehead atoms. The van der Waals surface area contributed by atoms with Crippen molar-refractivity contribution in [3.63, 3.8) is 0 Å². The molecule has 0 aliphatic carbocycles. The van der Waals surface area contributed by atoms with Gasteiger partial charge in [0.2, 0.25) is 0 Å². The minimum absolute atomic E-state index is 0.135. The SMILES string of the molecule is COc1cc(/C(O)=C2\C(=O)C(=O)N(c3cc(Cl)ccc3C)C2c2ccco2)c(OC)cc1Cl. The van der Waals surface area contributed by atoms with Crippen LogP contribution in [0, 0.1) is 6.92 Å². The molecule has 1 fully saturated rings. The van der Waals surface area contributed by atoms with Crippen LogP contribution in [0.25, 0.3) is 5.76 Å². The zero-order valence-corrected chi connectivity index (χ0v) is 19.4. The summed E-state index contributed by atoms with van der Waals surface area (Å²) in [6.45, 7) is 1.79. The minimum Gasteiger partial charge on any atom is -0.507 e. The van der Waals surface area contributed by atoms with E-state index in [1.807, 2.05) is 0 Å². The highest BCUT2D eigenvalue weighted by atomic mass is 35.5. The summed E-state index contributed by atoms with van der Waals surface area (Å²) in [4.78, 5) is 27.7. The molecule has 2 aromatic carbocycles. The number of Topliss-reactive ketones (excluding diaryl/α,β-unsaturated/α-hetero) is 1. The van der Waals surface area contributed by atoms with Gasteiger partial charge in [0.1, 0.15) is 29.1 Å². The van der Waals surface area contributed by atoms with E-state index in [9.17, 15) is 14.7 Å². The number of ketones is 1. The van der Waals surface area contributed by atoms with Gasteiger partial charge in [0, 0.05) is 16.8 Å². The van der Waals surface area contributed by atoms with Crippen LogP contribution in [0.15, 0.2) is 58.7 Å². The van der Waals surface area contributed by atoms with Crippen molar-refractivity contribution in [2.45, 2.75) is 13.0 Å². The van der Waals surface area contributed by atoms with E-state index >= 15 is 0 Å². The Balaban J connectivity index is 2.00. The smallest absolute Gasteiger partial charge is 0.300 e. The number of amides is 1. The number of aliphatic hydroxyl groups excluding tert-OH is 1. The fourth-order valence-corrected chi connectivity index (χ4v) is 4.23. The number of hydrogen-bond donors (Lipinski definition) is 1. The predicted molar refractivity (Wildman–Crippen MR) is 124 cm³/mol. The second kappa shape index (κ2) is 8.84. The Morgan fingerprint density at radius 2 is 1.79 bits per heavy atom. The molecule has 33 heavy (non-hydrogen) atoms. The Hall–Kier alpha value is -3.42. The molecule has 7 nitrogen and oxygen atoms in total. The number of rotatable bonds is 5. The van der Waals surface area contributed by atoms with Gasteiger partial charge in [-0.25, -0.2) is 0 Å². The number of nitrogens with zero attached hydrogens (tertiary/aromatic N) is 1. The van der Waals surface area contributed by atoms with Crippen LogP contribution >= 0.6 is 23.2 Å². The van der Waals surface area contributed by atoms with E-state index in [0.717, 1.165) is 0 Å². The molecular formula is C24H19Cl2NO6. The molecule has 1 aliphatic rings. The standard InChI is InChI=1S/C24H19Cl2NO6/c1-12-6-7-13(25)9-16(12)27-21(17-5-4-8-33-17)20(23(29)24(27)30)22(28)14-10-19(32-3)15(26)11-18(14)31-2/h4-11,21,28H,1-3H3/b22-20+. The van der Waals surface area contributed by atoms with E-state index < -0.39 is 23.5 Å². The lowest BCUT2D eigenvalue weighted by molar-refractivity contribution is -0.132. The molecule has 3 aromatic rings. The monoisotopic (exact) mass is 487 g/mol. The summed E-state index contributed by atoms with van der Waals surface area (Å²) >= 11 is 12.4. The quantitative estimate of drug-likeness (QED) is 0.288. The van der Waals surface area contributed by atoms with Gasteiger partial charge in [0.15, 0.2) is 0 Å². The summed E-state index contributed by atoms with van der Waals surface area (Å²) < 4.78 is 16.2. The van der Waals surface area contributed by atoms with Crippen molar-refractivity contribution in [1.29, 1.82) is 0 Å². The van der Waals surface area contributed by atoms with Crippen LogP contribution in [-0.2, 0) is 9.59 Å². The fraction of sp³-hybridized carbons (Fsp3) is 0.167. The van der Waals surface area contributed by atoms with Crippen LogP contribution in [-0.4, -0.2) is 31.0 Å². The van der Waals surface area contributed by atoms with E-state index in [1.54, 1.807) is 37.3 Å². The second-order valence-electron chi connectivity index (χ2n) is 7.30. The van der Waals surface area contributed by atoms with Gasteiger partial charge in [-0.05, 0) is 42.8 Å². The van der Waals surface area contributed by atoms with Crippen LogP contribution in [0.1, 0.15) is 22.9 Å². The Morgan fingerprint density at radius 1 is 1.06 bits per heavy atom. The van der Waals surface area contributed by atoms with E-state index in [0.29, 0.717) is 16.3 Å². The van der Waals surface area contributed by atoms with Gasteiger partial charge in [-0.1, -0.05) is 29.3 Å². The lowest BCUT2D eigenvalue weighted by Crippen LogP contribution is -2.30. The number of halogens is 2. The molecule has 0 spiro atoms. The largest absolute Gasteiger partial charge is 0.507 e. The summed E-state index contributed by atoms with van der Waals surface area (Å²) in [5.74, 6) is -1.43. The minimum atomic E-state index is -1.04. The molecule has 1 aliphatic heterocycles. The Bertz CT molecular complexity index is 1280. The molecular weight excluding hydrogens is 469 g/mol. The van der Waals surface area contributed by atoms with E-state index in [1.165, 1.54) is 37.5 Å². The average molecular weight is 488 g/mol. The lowest BCUT2D eigenvalue weighted by Gasteiger charge is -2.25. The van der Waals surface area contributed by atoms with Gasteiger partial charge in [-0.2, -0.15) is 0 Å². The first-order valence-corrected chi connectivity index (χ1v) is 10.6. The van der Waals surface area contributed by atoms with Gasteiger partial charge in [-0.15, -0.1) is 0 Å². The molecule has 1 aromatic heterocycles. The van der Waals surface area contributed by atoms with Crippen LogP contribution < -0.4 is 14.4 Å². The summed E-state index contributed by atoms with van der Waals surface area (Å²) in [6.07, 6.45) is 1.42. The molecule has 1 unspecified atom stereocenters. The maximum Gasteiger partial charge on any atom is 0.300 e. The molecule has 2 heterocycles. The topological polar surface area (TPSA) is 89.2 Å². The second-order valence-corrected chi connectivity index (χ2v) is 8.15. The third-order valence-corrected chi connectivity index (χ3v) is 5.95. The third-order valence-electron chi connectivity index (χ3n) is 5.42. The Kier molecular flexibility index (Phi) is 6.10. The average Bonchev–Trinajstić information content (AvgIpc) is 3.42. The predicted octanol–water partition coefficient (Wildman–Crippen LogP) is 5.54. The number of aliphatic hydroxyl groups is 1. The first-order chi connectivity index (χ1) is 15.8. The molecule has 170 valence electrons. The normalized spacial score (nSPS) is 17.5. The van der Waals surface area contributed by atoms with Gasteiger partial charge in [0.25, 0.3) is 11.7 Å². The van der Waals surface area contributed by atoms with E-state index in [2.05, 4.69) is 0 Å². The zero-order chi connectivity index (χ0) is 23.9. The summed E-state index contributed by atoms with van der Waals surface area (Å²) in [7, 11) is 2.81. The molecule has 1 N–H and O–H groups in total. The van der Waals surface area contributed by atoms with Crippen LogP contribution in [0.5, 0.6) is 11.5 Å². The van der Waals surface area contributed by atoms with Crippen molar-refractivity contribution in [2.75, 3.05) is 19.1 Å². The molecule has 4 rings (SSSR count). The molecule has 0 saturated carbocycles. The van der Waals surface area contributed by atoms with Gasteiger partial charge in [-0.3, -0.25) is 14.5 Å². The highest BCUT2D eigenvalue weighted by molar-refractivity contribution is 6.52. The Morgan fingerprint density at radius 3 is 2.42 bits per heavy atom. The molecule has 9 heteroatoms. The number of aryl methyl sites for hydroxylation is 1. The van der Waals surface area contributed by atoms with Crippen molar-refractivity contribution < 1.29 is 28.6 Å². The first kappa shape index (κ1) is 22.8. The number of ether oxygens (including phenoxy) is 2. The molecule has 1 atom stereocenters. The van der Waals surface area contributed by atoms with Crippen molar-refractivity contribution in [3.05, 3.63) is 81.2 Å². The third kappa shape index (κ3) is 3.83. The van der Waals surface area contributed by atoms with Gasteiger partial charge < -0.3 is 19.0 Å². The summed E-state index contributed by atoms with van der Waals surface area (Å²) in [6, 6.07) is 10.1. The van der Waals surface area contributed by atoms with Crippen molar-refractivity contribution in [1.82, 2.24) is 0 Å². The maximum atomic E-state index is 13.2. The number of benzene rings is 2. The molecule has 1 saturated heterocycles.